The molecule has 108 valence electrons. The Morgan fingerprint density at radius 3 is 2.95 bits per heavy atom. The average molecular weight is 314 g/mol. The topological polar surface area (TPSA) is 86.7 Å². The van der Waals surface area contributed by atoms with E-state index in [4.69, 9.17) is 17.3 Å². The number of hydrogen-bond acceptors (Lipinski definition) is 5. The third-order valence-electron chi connectivity index (χ3n) is 3.14. The van der Waals surface area contributed by atoms with E-state index in [1.54, 1.807) is 23.1 Å². The molecule has 0 bridgehead atoms. The number of hydrogen-bond donors (Lipinski definition) is 1. The molecule has 0 fully saturated rings. The molecule has 2 aromatic rings. The number of tetrazole rings is 1. The Hall–Kier alpha value is -1.47. The fourth-order valence-electron chi connectivity index (χ4n) is 1.75. The van der Waals surface area contributed by atoms with Crippen molar-refractivity contribution in [1.29, 1.82) is 0 Å². The van der Waals surface area contributed by atoms with E-state index >= 15 is 0 Å². The van der Waals surface area contributed by atoms with E-state index in [-0.39, 0.29) is 5.25 Å². The highest BCUT2D eigenvalue weighted by Gasteiger charge is 2.15. The Balaban J connectivity index is 2.25. The first-order valence-corrected chi connectivity index (χ1v) is 8.13. The molecule has 0 aliphatic rings. The van der Waals surface area contributed by atoms with Crippen molar-refractivity contribution in [3.05, 3.63) is 23.2 Å². The Kier molecular flexibility index (Phi) is 4.72. The molecule has 1 heterocycles. The molecule has 0 spiro atoms. The summed E-state index contributed by atoms with van der Waals surface area (Å²) in [5.41, 5.74) is 7.11. The van der Waals surface area contributed by atoms with Gasteiger partial charge in [-0.15, -0.1) is 5.10 Å². The summed E-state index contributed by atoms with van der Waals surface area (Å²) in [6.45, 7) is 2.52. The molecule has 1 aromatic heterocycles. The predicted molar refractivity (Wildman–Crippen MR) is 80.8 cm³/mol. The largest absolute Gasteiger partial charge is 0.397 e. The Labute approximate surface area is 124 Å². The predicted octanol–water partition coefficient (Wildman–Crippen LogP) is 1.73. The molecule has 0 aliphatic carbocycles. The zero-order chi connectivity index (χ0) is 14.7. The monoisotopic (exact) mass is 313 g/mol. The lowest BCUT2D eigenvalue weighted by Gasteiger charge is -2.10. The molecular weight excluding hydrogens is 298 g/mol. The third kappa shape index (κ3) is 3.16. The van der Waals surface area contributed by atoms with Crippen LogP contribution in [0.2, 0.25) is 5.02 Å². The maximum Gasteiger partial charge on any atom is 0.184 e. The summed E-state index contributed by atoms with van der Waals surface area (Å²) in [7, 11) is -0.859. The molecule has 2 unspecified atom stereocenters. The summed E-state index contributed by atoms with van der Waals surface area (Å²) >= 11 is 6.01. The van der Waals surface area contributed by atoms with Crippen molar-refractivity contribution in [2.45, 2.75) is 25.1 Å². The number of nitrogens with zero attached hydrogens (tertiary/aromatic N) is 4. The summed E-state index contributed by atoms with van der Waals surface area (Å²) < 4.78 is 13.0. The van der Waals surface area contributed by atoms with Crippen molar-refractivity contribution in [2.75, 3.05) is 12.0 Å². The van der Waals surface area contributed by atoms with Crippen molar-refractivity contribution in [1.82, 2.24) is 20.2 Å². The zero-order valence-corrected chi connectivity index (χ0v) is 12.9. The van der Waals surface area contributed by atoms with Crippen LogP contribution in [0, 0.1) is 0 Å². The van der Waals surface area contributed by atoms with Crippen LogP contribution in [0.25, 0.3) is 11.4 Å². The molecule has 8 heteroatoms. The van der Waals surface area contributed by atoms with E-state index in [2.05, 4.69) is 15.5 Å². The smallest absolute Gasteiger partial charge is 0.184 e. The molecule has 1 aromatic carbocycles. The fourth-order valence-corrected chi connectivity index (χ4v) is 2.36. The van der Waals surface area contributed by atoms with Crippen LogP contribution in [-0.2, 0) is 17.3 Å². The van der Waals surface area contributed by atoms with Crippen LogP contribution in [0.5, 0.6) is 0 Å². The van der Waals surface area contributed by atoms with E-state index in [9.17, 15) is 4.21 Å². The maximum absolute atomic E-state index is 11.4. The summed E-state index contributed by atoms with van der Waals surface area (Å²) in [6.07, 6.45) is 2.42. The zero-order valence-electron chi connectivity index (χ0n) is 11.3. The molecule has 2 rings (SSSR count). The van der Waals surface area contributed by atoms with Gasteiger partial charge >= 0.3 is 0 Å². The Morgan fingerprint density at radius 1 is 1.50 bits per heavy atom. The number of rotatable bonds is 5. The number of aromatic nitrogens is 4. The third-order valence-corrected chi connectivity index (χ3v) is 4.84. The molecule has 0 aliphatic heterocycles. The van der Waals surface area contributed by atoms with Gasteiger partial charge in [0.2, 0.25) is 0 Å². The van der Waals surface area contributed by atoms with Crippen LogP contribution in [0.15, 0.2) is 18.2 Å². The Morgan fingerprint density at radius 2 is 2.25 bits per heavy atom. The number of halogens is 1. The fraction of sp³-hybridized carbons (Fsp3) is 0.417. The van der Waals surface area contributed by atoms with E-state index in [1.807, 2.05) is 13.0 Å². The Bertz CT molecular complexity index is 630. The van der Waals surface area contributed by atoms with Crippen LogP contribution in [0.1, 0.15) is 13.3 Å². The van der Waals surface area contributed by atoms with Gasteiger partial charge in [-0.1, -0.05) is 24.6 Å². The molecule has 0 saturated carbocycles. The van der Waals surface area contributed by atoms with Gasteiger partial charge in [-0.2, -0.15) is 0 Å². The van der Waals surface area contributed by atoms with Crippen LogP contribution in [0.4, 0.5) is 5.69 Å². The lowest BCUT2D eigenvalue weighted by molar-refractivity contribution is 0.556. The minimum absolute atomic E-state index is 0.0868. The van der Waals surface area contributed by atoms with Crippen molar-refractivity contribution < 1.29 is 4.21 Å². The van der Waals surface area contributed by atoms with Crippen LogP contribution in [-0.4, -0.2) is 35.9 Å². The summed E-state index contributed by atoms with van der Waals surface area (Å²) in [4.78, 5) is 0. The second-order valence-corrected chi connectivity index (χ2v) is 6.73. The lowest BCUT2D eigenvalue weighted by Crippen LogP contribution is -2.14. The van der Waals surface area contributed by atoms with Crippen molar-refractivity contribution in [3.8, 4) is 11.4 Å². The molecule has 0 saturated heterocycles. The molecule has 6 nitrogen and oxygen atoms in total. The first-order valence-electron chi connectivity index (χ1n) is 6.13. The van der Waals surface area contributed by atoms with Gasteiger partial charge in [-0.05, 0) is 29.0 Å². The summed E-state index contributed by atoms with van der Waals surface area (Å²) in [5.74, 6) is 0.569. The normalized spacial score (nSPS) is 14.2. The van der Waals surface area contributed by atoms with Gasteiger partial charge in [0.15, 0.2) is 5.82 Å². The second kappa shape index (κ2) is 6.32. The van der Waals surface area contributed by atoms with E-state index < -0.39 is 10.8 Å². The van der Waals surface area contributed by atoms with Gasteiger partial charge in [0, 0.05) is 34.4 Å². The summed E-state index contributed by atoms with van der Waals surface area (Å²) in [5, 5.41) is 12.2. The van der Waals surface area contributed by atoms with E-state index in [0.29, 0.717) is 28.6 Å². The molecule has 20 heavy (non-hydrogen) atoms. The SMILES string of the molecule is CC(CCn1nnnc1-c1cccc(Cl)c1N)S(C)=O. The molecule has 0 radical (unpaired) electrons. The van der Waals surface area contributed by atoms with Gasteiger partial charge in [0.05, 0.1) is 10.7 Å². The van der Waals surface area contributed by atoms with Gasteiger partial charge in [0.25, 0.3) is 0 Å². The van der Waals surface area contributed by atoms with Gasteiger partial charge in [0.1, 0.15) is 0 Å². The highest BCUT2D eigenvalue weighted by Crippen LogP contribution is 2.29. The van der Waals surface area contributed by atoms with Gasteiger partial charge < -0.3 is 5.73 Å². The number of benzene rings is 1. The van der Waals surface area contributed by atoms with Crippen molar-refractivity contribution >= 4 is 28.1 Å². The average Bonchev–Trinajstić information content (AvgIpc) is 2.87. The van der Waals surface area contributed by atoms with Crippen LogP contribution in [0.3, 0.4) is 0 Å². The number of aryl methyl sites for hydroxylation is 1. The first-order chi connectivity index (χ1) is 9.50. The first kappa shape index (κ1) is 14.9. The van der Waals surface area contributed by atoms with E-state index in [1.165, 1.54) is 0 Å². The molecule has 2 N–H and O–H groups in total. The number of para-hydroxylation sites is 1. The summed E-state index contributed by atoms with van der Waals surface area (Å²) in [6, 6.07) is 5.35. The van der Waals surface area contributed by atoms with Crippen molar-refractivity contribution in [2.24, 2.45) is 0 Å². The maximum atomic E-state index is 11.4. The van der Waals surface area contributed by atoms with Crippen molar-refractivity contribution in [3.63, 3.8) is 0 Å². The highest BCUT2D eigenvalue weighted by molar-refractivity contribution is 7.84. The minimum atomic E-state index is -0.859. The molecular formula is C12H16ClN5OS. The quantitative estimate of drug-likeness (QED) is 0.849. The second-order valence-electron chi connectivity index (χ2n) is 4.52. The standard InChI is InChI=1S/C12H16ClN5OS/c1-8(20(2)19)6-7-18-12(15-16-17-18)9-4-3-5-10(13)11(9)14/h3-5,8H,6-7,14H2,1-2H3. The number of anilines is 1. The van der Waals surface area contributed by atoms with E-state index in [0.717, 1.165) is 6.42 Å². The number of nitrogen functional groups attached to an aromatic ring is 1. The molecule has 2 atom stereocenters. The number of nitrogens with two attached hydrogens (primary N) is 1. The molecule has 0 amide bonds. The highest BCUT2D eigenvalue weighted by atomic mass is 35.5. The minimum Gasteiger partial charge on any atom is -0.397 e. The lowest BCUT2D eigenvalue weighted by atomic mass is 10.1. The van der Waals surface area contributed by atoms with Crippen LogP contribution >= 0.6 is 11.6 Å². The van der Waals surface area contributed by atoms with Crippen LogP contribution < -0.4 is 5.73 Å². The van der Waals surface area contributed by atoms with Gasteiger partial charge in [-0.25, -0.2) is 4.68 Å². The van der Waals surface area contributed by atoms with Gasteiger partial charge in [-0.3, -0.25) is 4.21 Å².